The van der Waals surface area contributed by atoms with Crippen LogP contribution >= 0.6 is 0 Å². The topological polar surface area (TPSA) is 85.4 Å². The van der Waals surface area contributed by atoms with Crippen LogP contribution in [0.5, 0.6) is 5.75 Å². The first-order chi connectivity index (χ1) is 18.6. The van der Waals surface area contributed by atoms with Crippen LogP contribution in [-0.4, -0.2) is 19.5 Å². The fraction of sp³-hybridized carbons (Fsp3) is 0.179. The summed E-state index contributed by atoms with van der Waals surface area (Å²) in [6.07, 6.45) is -2.64. The third-order valence-corrected chi connectivity index (χ3v) is 6.83. The molecule has 39 heavy (non-hydrogen) atoms. The lowest BCUT2D eigenvalue weighted by Crippen LogP contribution is -2.08. The van der Waals surface area contributed by atoms with Crippen LogP contribution in [0.1, 0.15) is 52.0 Å². The van der Waals surface area contributed by atoms with Gasteiger partial charge in [0.25, 0.3) is 0 Å². The fourth-order valence-electron chi connectivity index (χ4n) is 5.01. The Morgan fingerprint density at radius 1 is 1.13 bits per heavy atom. The monoisotopic (exact) mass is 536 g/mol. The minimum atomic E-state index is -4.53. The number of halogens is 4. The molecule has 6 rings (SSSR count). The Hall–Kier alpha value is -4.67. The van der Waals surface area contributed by atoms with E-state index in [2.05, 4.69) is 15.1 Å². The predicted octanol–water partition coefficient (Wildman–Crippen LogP) is 5.94. The summed E-state index contributed by atoms with van der Waals surface area (Å²) in [6.45, 7) is 3.57. The molecule has 0 saturated carbocycles. The zero-order valence-corrected chi connectivity index (χ0v) is 20.7. The van der Waals surface area contributed by atoms with E-state index in [1.165, 1.54) is 22.6 Å². The lowest BCUT2D eigenvalue weighted by Gasteiger charge is -2.14. The van der Waals surface area contributed by atoms with Crippen molar-refractivity contribution in [3.8, 4) is 5.75 Å². The normalized spacial score (nSPS) is 14.5. The Kier molecular flexibility index (Phi) is 5.67. The highest BCUT2D eigenvalue weighted by Crippen LogP contribution is 2.41. The van der Waals surface area contributed by atoms with E-state index < -0.39 is 23.3 Å². The van der Waals surface area contributed by atoms with Crippen molar-refractivity contribution < 1.29 is 26.8 Å². The Balaban J connectivity index is 1.47. The first kappa shape index (κ1) is 24.7. The molecule has 0 spiro atoms. The Morgan fingerprint density at radius 2 is 1.92 bits per heavy atom. The van der Waals surface area contributed by atoms with Crippen LogP contribution in [0.25, 0.3) is 16.8 Å². The number of aryl methyl sites for hydroxylation is 1. The Bertz CT molecular complexity index is 1850. The maximum Gasteiger partial charge on any atom is 0.439 e. The summed E-state index contributed by atoms with van der Waals surface area (Å²) in [5.41, 5.74) is 4.43. The molecule has 0 radical (unpaired) electrons. The summed E-state index contributed by atoms with van der Waals surface area (Å²) in [4.78, 5) is 18.4. The molecule has 7 nitrogen and oxygen atoms in total. The van der Waals surface area contributed by atoms with E-state index in [0.717, 1.165) is 22.8 Å². The van der Waals surface area contributed by atoms with Gasteiger partial charge in [0.1, 0.15) is 23.8 Å². The van der Waals surface area contributed by atoms with Gasteiger partial charge in [-0.25, -0.2) is 14.2 Å². The second-order valence-electron chi connectivity index (χ2n) is 9.30. The number of ether oxygens (including phenoxy) is 1. The number of hydrogen-bond acceptors (Lipinski definition) is 5. The molecule has 0 unspecified atom stereocenters. The molecular weight excluding hydrogens is 516 g/mol. The smallest absolute Gasteiger partial charge is 0.439 e. The molecule has 0 bridgehead atoms. The second kappa shape index (κ2) is 8.97. The van der Waals surface area contributed by atoms with E-state index in [9.17, 15) is 22.4 Å². The van der Waals surface area contributed by atoms with Gasteiger partial charge in [-0.1, -0.05) is 23.4 Å². The molecule has 1 aliphatic heterocycles. The quantitative estimate of drug-likeness (QED) is 0.289. The van der Waals surface area contributed by atoms with Crippen molar-refractivity contribution >= 4 is 16.8 Å². The fourth-order valence-corrected chi connectivity index (χ4v) is 5.01. The summed E-state index contributed by atoms with van der Waals surface area (Å²) in [5, 5.41) is 3.81. The Labute approximate surface area is 218 Å². The van der Waals surface area contributed by atoms with Crippen LogP contribution in [0.3, 0.4) is 0 Å². The van der Waals surface area contributed by atoms with E-state index in [1.54, 1.807) is 26.1 Å². The number of imidazole rings is 1. The zero-order valence-electron chi connectivity index (χ0n) is 20.7. The van der Waals surface area contributed by atoms with E-state index in [4.69, 9.17) is 9.26 Å². The zero-order chi connectivity index (χ0) is 27.5. The molecule has 2 aromatic carbocycles. The van der Waals surface area contributed by atoms with E-state index in [-0.39, 0.29) is 18.1 Å². The van der Waals surface area contributed by atoms with Crippen molar-refractivity contribution in [1.82, 2.24) is 19.5 Å². The molecule has 4 heterocycles. The molecule has 0 atom stereocenters. The van der Waals surface area contributed by atoms with Gasteiger partial charge >= 0.3 is 11.9 Å². The van der Waals surface area contributed by atoms with Gasteiger partial charge in [0.15, 0.2) is 5.82 Å². The lowest BCUT2D eigenvalue weighted by molar-refractivity contribution is -0.136. The minimum absolute atomic E-state index is 0.121. The molecule has 5 aromatic rings. The predicted molar refractivity (Wildman–Crippen MR) is 134 cm³/mol. The van der Waals surface area contributed by atoms with Gasteiger partial charge in [0, 0.05) is 35.5 Å². The molecule has 11 heteroatoms. The van der Waals surface area contributed by atoms with Crippen molar-refractivity contribution in [1.29, 1.82) is 0 Å². The third-order valence-electron chi connectivity index (χ3n) is 6.83. The molecule has 0 amide bonds. The second-order valence-corrected chi connectivity index (χ2v) is 9.30. The van der Waals surface area contributed by atoms with Gasteiger partial charge in [-0.2, -0.15) is 13.2 Å². The van der Waals surface area contributed by atoms with Gasteiger partial charge < -0.3 is 9.14 Å². The molecule has 198 valence electrons. The van der Waals surface area contributed by atoms with Crippen molar-refractivity contribution in [3.05, 3.63) is 116 Å². The number of pyridine rings is 1. The third kappa shape index (κ3) is 4.29. The van der Waals surface area contributed by atoms with Gasteiger partial charge in [-0.15, -0.1) is 0 Å². The number of rotatable bonds is 3. The van der Waals surface area contributed by atoms with Crippen molar-refractivity contribution in [2.24, 2.45) is 0 Å². The van der Waals surface area contributed by atoms with Crippen LogP contribution in [0, 0.1) is 12.7 Å². The number of allylic oxidation sites excluding steroid dienone is 1. The number of nitrogens with zero attached hydrogens (tertiary/aromatic N) is 3. The number of alkyl halides is 3. The number of benzene rings is 2. The standard InChI is InChI=1S/C28H20F4N4O3/c1-14(25-34-27(37)39-35-25)24-19-7-5-16(10-17(19)13-38-23-12-18(29)6-8-20(23)24)11-22-15(2)33-26-21(28(30,31)32)4-3-9-36(22)26/h3-10,12H,11,13H2,1-2H3,(H,34,35,37). The van der Waals surface area contributed by atoms with Gasteiger partial charge in [0.2, 0.25) is 0 Å². The van der Waals surface area contributed by atoms with Crippen LogP contribution in [-0.2, 0) is 19.2 Å². The highest BCUT2D eigenvalue weighted by molar-refractivity contribution is 5.99. The molecule has 0 saturated heterocycles. The van der Waals surface area contributed by atoms with Crippen molar-refractivity contribution in [2.75, 3.05) is 0 Å². The lowest BCUT2D eigenvalue weighted by atomic mass is 9.89. The number of aromatic amines is 1. The summed E-state index contributed by atoms with van der Waals surface area (Å²) >= 11 is 0. The summed E-state index contributed by atoms with van der Waals surface area (Å²) < 4.78 is 66.9. The maximum absolute atomic E-state index is 14.1. The largest absolute Gasteiger partial charge is 0.488 e. The highest BCUT2D eigenvalue weighted by Gasteiger charge is 2.34. The number of aromatic nitrogens is 4. The van der Waals surface area contributed by atoms with Crippen LogP contribution < -0.4 is 10.5 Å². The van der Waals surface area contributed by atoms with E-state index in [0.29, 0.717) is 40.3 Å². The molecule has 1 N–H and O–H groups in total. The van der Waals surface area contributed by atoms with Crippen molar-refractivity contribution in [2.45, 2.75) is 33.1 Å². The van der Waals surface area contributed by atoms with Crippen LogP contribution in [0.4, 0.5) is 17.6 Å². The van der Waals surface area contributed by atoms with Crippen LogP contribution in [0.15, 0.2) is 64.0 Å². The number of fused-ring (bicyclic) bond motifs is 3. The first-order valence-corrected chi connectivity index (χ1v) is 12.0. The average molecular weight is 536 g/mol. The van der Waals surface area contributed by atoms with Crippen LogP contribution in [0.2, 0.25) is 0 Å². The number of H-pyrrole nitrogens is 1. The maximum atomic E-state index is 14.1. The highest BCUT2D eigenvalue weighted by atomic mass is 19.4. The average Bonchev–Trinajstić information content (AvgIpc) is 3.41. The summed E-state index contributed by atoms with van der Waals surface area (Å²) in [5.74, 6) is -0.621. The Morgan fingerprint density at radius 3 is 2.67 bits per heavy atom. The summed E-state index contributed by atoms with van der Waals surface area (Å²) in [7, 11) is 0. The van der Waals surface area contributed by atoms with E-state index in [1.807, 2.05) is 18.2 Å². The number of hydrogen-bond donors (Lipinski definition) is 1. The van der Waals surface area contributed by atoms with E-state index >= 15 is 0 Å². The molecule has 1 aliphatic rings. The first-order valence-electron chi connectivity index (χ1n) is 12.0. The molecule has 0 aliphatic carbocycles. The van der Waals surface area contributed by atoms with Gasteiger partial charge in [-0.05, 0) is 60.4 Å². The summed E-state index contributed by atoms with van der Waals surface area (Å²) in [6, 6.07) is 12.2. The SMILES string of the molecule is CC(=C1c2ccc(Cc3c(C)nc4c(C(F)(F)F)cccn34)cc2COc2cc(F)ccc21)c1noc(=O)[nH]1. The number of nitrogens with one attached hydrogen (secondary N) is 1. The molecular formula is C28H20F4N4O3. The van der Waals surface area contributed by atoms with Gasteiger partial charge in [-0.3, -0.25) is 9.51 Å². The van der Waals surface area contributed by atoms with Crippen molar-refractivity contribution in [3.63, 3.8) is 0 Å². The minimum Gasteiger partial charge on any atom is -0.488 e. The van der Waals surface area contributed by atoms with Gasteiger partial charge in [0.05, 0.1) is 11.3 Å². The molecule has 0 fully saturated rings. The molecule has 3 aromatic heterocycles.